The molecule has 10 heteroatoms. The van der Waals surface area contributed by atoms with Crippen molar-refractivity contribution in [1.29, 1.82) is 0 Å². The molecule has 33 heavy (non-hydrogen) atoms. The summed E-state index contributed by atoms with van der Waals surface area (Å²) in [6.07, 6.45) is 8.51. The molecule has 0 aliphatic heterocycles. The first-order chi connectivity index (χ1) is 16.0. The first-order valence-corrected chi connectivity index (χ1v) is 10.9. The molecule has 0 atom stereocenters. The number of urea groups is 1. The number of hydrogen-bond acceptors (Lipinski definition) is 6. The van der Waals surface area contributed by atoms with Crippen LogP contribution in [0.5, 0.6) is 0 Å². The summed E-state index contributed by atoms with van der Waals surface area (Å²) in [5, 5.41) is 7.15. The molecule has 1 saturated carbocycles. The number of benzene rings is 1. The highest BCUT2D eigenvalue weighted by atomic mass is 16.6. The van der Waals surface area contributed by atoms with Crippen molar-refractivity contribution in [2.75, 3.05) is 4.90 Å². The number of nitrogens with one attached hydrogen (secondary N) is 1. The molecule has 2 aromatic heterocycles. The third-order valence-electron chi connectivity index (χ3n) is 5.69. The van der Waals surface area contributed by atoms with Crippen LogP contribution in [0, 0.1) is 0 Å². The van der Waals surface area contributed by atoms with Crippen molar-refractivity contribution in [3.8, 4) is 11.1 Å². The number of ether oxygens (including phenoxy) is 1. The van der Waals surface area contributed by atoms with E-state index in [9.17, 15) is 9.59 Å². The van der Waals surface area contributed by atoms with Gasteiger partial charge in [0.1, 0.15) is 6.10 Å². The van der Waals surface area contributed by atoms with Gasteiger partial charge in [0.05, 0.1) is 6.20 Å². The number of primary amides is 1. The van der Waals surface area contributed by atoms with Gasteiger partial charge in [-0.2, -0.15) is 5.10 Å². The van der Waals surface area contributed by atoms with Crippen LogP contribution >= 0.6 is 0 Å². The molecule has 1 aliphatic rings. The van der Waals surface area contributed by atoms with Gasteiger partial charge in [0, 0.05) is 49.4 Å². The summed E-state index contributed by atoms with van der Waals surface area (Å²) >= 11 is 0. The van der Waals surface area contributed by atoms with Gasteiger partial charge in [-0.05, 0) is 31.2 Å². The van der Waals surface area contributed by atoms with Crippen LogP contribution in [-0.4, -0.2) is 44.0 Å². The Morgan fingerprint density at radius 2 is 1.79 bits per heavy atom. The van der Waals surface area contributed by atoms with Gasteiger partial charge in [-0.3, -0.25) is 9.58 Å². The highest BCUT2D eigenvalue weighted by molar-refractivity contribution is 5.90. The summed E-state index contributed by atoms with van der Waals surface area (Å²) in [4.78, 5) is 34.9. The number of amides is 3. The Morgan fingerprint density at radius 1 is 1.09 bits per heavy atom. The number of carbonyl (C=O) groups is 2. The van der Waals surface area contributed by atoms with Gasteiger partial charge in [0.25, 0.3) is 0 Å². The highest BCUT2D eigenvalue weighted by Crippen LogP contribution is 2.28. The number of nitrogens with two attached hydrogens (primary N) is 1. The molecule has 1 aliphatic carbocycles. The number of anilines is 1. The van der Waals surface area contributed by atoms with Crippen molar-refractivity contribution < 1.29 is 14.3 Å². The molecule has 3 amide bonds. The zero-order valence-electron chi connectivity index (χ0n) is 18.4. The van der Waals surface area contributed by atoms with Crippen LogP contribution in [0.15, 0.2) is 55.1 Å². The summed E-state index contributed by atoms with van der Waals surface area (Å²) < 4.78 is 6.85. The third-order valence-corrected chi connectivity index (χ3v) is 5.69. The molecule has 0 saturated heterocycles. The molecular formula is C23H27N7O3. The fraction of sp³-hybridized carbons (Fsp3) is 0.348. The molecule has 172 valence electrons. The Hall–Kier alpha value is -3.95. The molecule has 1 fully saturated rings. The zero-order chi connectivity index (χ0) is 23.2. The third kappa shape index (κ3) is 5.65. The maximum Gasteiger partial charge on any atom is 0.404 e. The molecule has 0 spiro atoms. The Balaban J connectivity index is 1.52. The van der Waals surface area contributed by atoms with Gasteiger partial charge in [0.2, 0.25) is 5.95 Å². The lowest BCUT2D eigenvalue weighted by Gasteiger charge is -2.35. The van der Waals surface area contributed by atoms with Crippen LogP contribution < -0.4 is 16.0 Å². The van der Waals surface area contributed by atoms with Crippen LogP contribution in [0.2, 0.25) is 0 Å². The minimum absolute atomic E-state index is 0.127. The number of aromatic nitrogens is 4. The zero-order valence-corrected chi connectivity index (χ0v) is 18.4. The van der Waals surface area contributed by atoms with Gasteiger partial charge < -0.3 is 15.8 Å². The Labute approximate surface area is 191 Å². The van der Waals surface area contributed by atoms with Crippen LogP contribution in [0.1, 0.15) is 31.2 Å². The molecular weight excluding hydrogens is 422 g/mol. The van der Waals surface area contributed by atoms with Crippen LogP contribution in [0.25, 0.3) is 11.1 Å². The van der Waals surface area contributed by atoms with Gasteiger partial charge in [-0.1, -0.05) is 30.3 Å². The molecule has 3 aromatic rings. The maximum atomic E-state index is 13.2. The van der Waals surface area contributed by atoms with Crippen LogP contribution in [0.4, 0.5) is 15.5 Å². The van der Waals surface area contributed by atoms with E-state index in [0.717, 1.165) is 16.7 Å². The average Bonchev–Trinajstić information content (AvgIpc) is 3.26. The molecule has 2 heterocycles. The quantitative estimate of drug-likeness (QED) is 0.595. The van der Waals surface area contributed by atoms with E-state index >= 15 is 0 Å². The van der Waals surface area contributed by atoms with Crippen molar-refractivity contribution in [3.05, 3.63) is 60.7 Å². The van der Waals surface area contributed by atoms with Gasteiger partial charge in [0.15, 0.2) is 0 Å². The van der Waals surface area contributed by atoms with E-state index in [2.05, 4.69) is 20.4 Å². The van der Waals surface area contributed by atoms with Gasteiger partial charge in [-0.15, -0.1) is 0 Å². The normalized spacial score (nSPS) is 17.8. The monoisotopic (exact) mass is 449 g/mol. The fourth-order valence-corrected chi connectivity index (χ4v) is 4.03. The average molecular weight is 450 g/mol. The summed E-state index contributed by atoms with van der Waals surface area (Å²) in [6.45, 7) is 0.393. The van der Waals surface area contributed by atoms with Gasteiger partial charge in [-0.25, -0.2) is 19.6 Å². The Bertz CT molecular complexity index is 1080. The van der Waals surface area contributed by atoms with E-state index in [1.54, 1.807) is 28.2 Å². The van der Waals surface area contributed by atoms with Crippen LogP contribution in [0.3, 0.4) is 0 Å². The van der Waals surface area contributed by atoms with Crippen molar-refractivity contribution in [2.24, 2.45) is 12.8 Å². The highest BCUT2D eigenvalue weighted by Gasteiger charge is 2.32. The van der Waals surface area contributed by atoms with Gasteiger partial charge >= 0.3 is 12.1 Å². The number of aryl methyl sites for hydroxylation is 1. The fourth-order valence-electron chi connectivity index (χ4n) is 4.03. The second kappa shape index (κ2) is 10.1. The Kier molecular flexibility index (Phi) is 6.82. The lowest BCUT2D eigenvalue weighted by molar-refractivity contribution is 0.0786. The van der Waals surface area contributed by atoms with E-state index in [1.807, 2.05) is 43.6 Å². The molecule has 0 radical (unpaired) electrons. The van der Waals surface area contributed by atoms with E-state index in [-0.39, 0.29) is 18.2 Å². The SMILES string of the molecule is Cn1cc(-c2cnc(N(C(=O)NCc3ccccc3)C3CCC(OC(N)=O)CC3)nc2)cn1. The lowest BCUT2D eigenvalue weighted by Crippen LogP contribution is -2.49. The first kappa shape index (κ1) is 22.3. The molecule has 1 aromatic carbocycles. The summed E-state index contributed by atoms with van der Waals surface area (Å²) in [7, 11) is 1.84. The molecule has 3 N–H and O–H groups in total. The molecule has 0 bridgehead atoms. The number of rotatable bonds is 6. The lowest BCUT2D eigenvalue weighted by atomic mass is 9.92. The largest absolute Gasteiger partial charge is 0.446 e. The summed E-state index contributed by atoms with van der Waals surface area (Å²) in [5.41, 5.74) is 7.86. The summed E-state index contributed by atoms with van der Waals surface area (Å²) in [5.74, 6) is 0.326. The molecule has 4 rings (SSSR count). The van der Waals surface area contributed by atoms with Crippen molar-refractivity contribution in [1.82, 2.24) is 25.1 Å². The van der Waals surface area contributed by atoms with Crippen molar-refractivity contribution in [3.63, 3.8) is 0 Å². The van der Waals surface area contributed by atoms with Crippen molar-refractivity contribution in [2.45, 2.75) is 44.4 Å². The second-order valence-corrected chi connectivity index (χ2v) is 8.06. The van der Waals surface area contributed by atoms with E-state index in [4.69, 9.17) is 10.5 Å². The minimum atomic E-state index is -0.773. The second-order valence-electron chi connectivity index (χ2n) is 8.06. The topological polar surface area (TPSA) is 128 Å². The smallest absolute Gasteiger partial charge is 0.404 e. The number of nitrogens with zero attached hydrogens (tertiary/aromatic N) is 5. The summed E-state index contributed by atoms with van der Waals surface area (Å²) in [6, 6.07) is 9.30. The number of hydrogen-bond donors (Lipinski definition) is 2. The van der Waals surface area contributed by atoms with Crippen molar-refractivity contribution >= 4 is 18.1 Å². The van der Waals surface area contributed by atoms with E-state index < -0.39 is 6.09 Å². The molecule has 10 nitrogen and oxygen atoms in total. The van der Waals surface area contributed by atoms with Crippen LogP contribution in [-0.2, 0) is 18.3 Å². The predicted octanol–water partition coefficient (Wildman–Crippen LogP) is 3.00. The predicted molar refractivity (Wildman–Crippen MR) is 122 cm³/mol. The Morgan fingerprint density at radius 3 is 2.39 bits per heavy atom. The molecule has 0 unspecified atom stereocenters. The van der Waals surface area contributed by atoms with E-state index in [0.29, 0.717) is 38.2 Å². The maximum absolute atomic E-state index is 13.2. The standard InChI is InChI=1S/C23H27N7O3/c1-29-15-18(14-28-29)17-12-25-22(26-13-17)30(19-7-9-20(10-8-19)33-21(24)31)23(32)27-11-16-5-3-2-4-6-16/h2-6,12-15,19-20H,7-11H2,1H3,(H2,24,31)(H,27,32). The minimum Gasteiger partial charge on any atom is -0.446 e. The first-order valence-electron chi connectivity index (χ1n) is 10.9. The number of carbonyl (C=O) groups excluding carboxylic acids is 2. The van der Waals surface area contributed by atoms with E-state index in [1.165, 1.54) is 0 Å².